The van der Waals surface area contributed by atoms with Crippen LogP contribution in [0.4, 0.5) is 0 Å². The van der Waals surface area contributed by atoms with E-state index in [1.165, 1.54) is 18.2 Å². The van der Waals surface area contributed by atoms with Crippen LogP contribution in [-0.2, 0) is 4.79 Å². The van der Waals surface area contributed by atoms with Crippen LogP contribution >= 0.6 is 0 Å². The molecule has 0 aliphatic heterocycles. The van der Waals surface area contributed by atoms with Gasteiger partial charge in [-0.05, 0) is 23.8 Å². The third-order valence-electron chi connectivity index (χ3n) is 1.55. The Bertz CT molecular complexity index is 415. The van der Waals surface area contributed by atoms with Crippen LogP contribution < -0.4 is 5.64 Å². The second-order valence-electron chi connectivity index (χ2n) is 2.70. The average molecular weight is 241 g/mol. The average Bonchev–Trinajstić information content (AvgIpc) is 2.28. The second kappa shape index (κ2) is 7.99. The first-order chi connectivity index (χ1) is 8.01. The van der Waals surface area contributed by atoms with E-state index >= 15 is 0 Å². The molecule has 0 aromatic heterocycles. The Morgan fingerprint density at radius 2 is 1.76 bits per heavy atom. The van der Waals surface area contributed by atoms with Crippen molar-refractivity contribution in [3.8, 4) is 0 Å². The summed E-state index contributed by atoms with van der Waals surface area (Å²) >= 11 is 0. The molecule has 0 atom stereocenters. The first-order valence-electron chi connectivity index (χ1n) is 4.28. The topological polar surface area (TPSA) is 127 Å². The van der Waals surface area contributed by atoms with E-state index in [-0.39, 0.29) is 5.56 Å². The minimum Gasteiger partial charge on any atom is -0.478 e. The number of carboxylic acids is 2. The summed E-state index contributed by atoms with van der Waals surface area (Å²) in [7, 11) is 0. The summed E-state index contributed by atoms with van der Waals surface area (Å²) in [5, 5.41) is 30.7. The molecule has 0 saturated carbocycles. The van der Waals surface area contributed by atoms with Gasteiger partial charge in [0, 0.05) is 6.08 Å². The molecule has 0 aliphatic carbocycles. The number of hydrogen-bond donors (Lipinski definition) is 5. The number of nitrogens with one attached hydrogen (secondary N) is 1. The van der Waals surface area contributed by atoms with E-state index in [0.717, 1.165) is 11.7 Å². The number of carbonyl (C=O) groups is 2. The lowest BCUT2D eigenvalue weighted by molar-refractivity contribution is -0.131. The van der Waals surface area contributed by atoms with Gasteiger partial charge in [0.1, 0.15) is 0 Å². The number of aliphatic carboxylic acids is 1. The Balaban J connectivity index is 0.000000770. The van der Waals surface area contributed by atoms with E-state index in [4.69, 9.17) is 20.6 Å². The van der Waals surface area contributed by atoms with Gasteiger partial charge in [-0.15, -0.1) is 0 Å². The molecule has 7 nitrogen and oxygen atoms in total. The minimum absolute atomic E-state index is 0.137. The van der Waals surface area contributed by atoms with Crippen molar-refractivity contribution in [3.05, 3.63) is 41.5 Å². The highest BCUT2D eigenvalue weighted by molar-refractivity contribution is 5.89. The fourth-order valence-corrected chi connectivity index (χ4v) is 0.943. The first-order valence-corrected chi connectivity index (χ1v) is 4.28. The number of carboxylic acid groups (broad SMARTS) is 2. The zero-order chi connectivity index (χ0) is 13.3. The fraction of sp³-hybridized carbons (Fsp3) is 0. The Morgan fingerprint density at radius 1 is 1.18 bits per heavy atom. The van der Waals surface area contributed by atoms with Crippen LogP contribution in [0, 0.1) is 0 Å². The summed E-state index contributed by atoms with van der Waals surface area (Å²) in [5.41, 5.74) is 1.44. The van der Waals surface area contributed by atoms with Gasteiger partial charge in [0.05, 0.1) is 5.56 Å². The second-order valence-corrected chi connectivity index (χ2v) is 2.70. The van der Waals surface area contributed by atoms with Crippen molar-refractivity contribution in [2.75, 3.05) is 0 Å². The molecule has 92 valence electrons. The number of hydrogen-bond acceptors (Lipinski definition) is 5. The largest absolute Gasteiger partial charge is 0.478 e. The molecule has 0 heterocycles. The molecular weight excluding hydrogens is 230 g/mol. The standard InChI is InChI=1S/C10H8O4.H3NO2/c11-9(12)5-4-7-2-1-3-8(6-7)10(13)14;2-1-3/h1-6H,(H,11,12)(H,13,14);1-3H. The van der Waals surface area contributed by atoms with Crippen molar-refractivity contribution in [2.24, 2.45) is 0 Å². The molecule has 0 fully saturated rings. The van der Waals surface area contributed by atoms with E-state index in [1.54, 1.807) is 12.1 Å². The van der Waals surface area contributed by atoms with Crippen LogP contribution in [0.25, 0.3) is 6.08 Å². The highest BCUT2D eigenvalue weighted by Crippen LogP contribution is 2.06. The maximum absolute atomic E-state index is 10.6. The normalized spacial score (nSPS) is 9.53. The zero-order valence-corrected chi connectivity index (χ0v) is 8.57. The Morgan fingerprint density at radius 3 is 2.24 bits per heavy atom. The molecule has 0 unspecified atom stereocenters. The molecule has 1 aromatic rings. The summed E-state index contributed by atoms with van der Waals surface area (Å²) in [4.78, 5) is 20.7. The van der Waals surface area contributed by atoms with Crippen molar-refractivity contribution in [3.63, 3.8) is 0 Å². The number of benzene rings is 1. The molecule has 7 heteroatoms. The van der Waals surface area contributed by atoms with Gasteiger partial charge in [-0.3, -0.25) is 10.4 Å². The molecule has 0 spiro atoms. The maximum Gasteiger partial charge on any atom is 0.335 e. The van der Waals surface area contributed by atoms with Crippen molar-refractivity contribution in [1.82, 2.24) is 5.64 Å². The lowest BCUT2D eigenvalue weighted by Gasteiger charge is -1.95. The molecular formula is C10H11NO6. The third-order valence-corrected chi connectivity index (χ3v) is 1.55. The van der Waals surface area contributed by atoms with Crippen molar-refractivity contribution in [2.45, 2.75) is 0 Å². The Labute approximate surface area is 96.2 Å². The number of rotatable bonds is 3. The van der Waals surface area contributed by atoms with Crippen molar-refractivity contribution < 1.29 is 30.2 Å². The molecule has 1 aromatic carbocycles. The summed E-state index contributed by atoms with van der Waals surface area (Å²) in [6, 6.07) is 6.04. The Kier molecular flexibility index (Phi) is 6.95. The van der Waals surface area contributed by atoms with Crippen LogP contribution in [0.3, 0.4) is 0 Å². The van der Waals surface area contributed by atoms with Crippen LogP contribution in [0.15, 0.2) is 30.3 Å². The predicted octanol–water partition coefficient (Wildman–Crippen LogP) is 0.837. The molecule has 0 aliphatic rings. The van der Waals surface area contributed by atoms with Gasteiger partial charge in [-0.1, -0.05) is 17.8 Å². The summed E-state index contributed by atoms with van der Waals surface area (Å²) < 4.78 is 0. The van der Waals surface area contributed by atoms with Gasteiger partial charge in [-0.2, -0.15) is 0 Å². The first kappa shape index (κ1) is 14.8. The summed E-state index contributed by atoms with van der Waals surface area (Å²) in [5.74, 6) is -2.10. The summed E-state index contributed by atoms with van der Waals surface area (Å²) in [6.45, 7) is 0. The highest BCUT2D eigenvalue weighted by atomic mass is 16.7. The minimum atomic E-state index is -1.06. The quantitative estimate of drug-likeness (QED) is 0.392. The lowest BCUT2D eigenvalue weighted by Crippen LogP contribution is -1.95. The van der Waals surface area contributed by atoms with Crippen LogP contribution in [0.5, 0.6) is 0 Å². The van der Waals surface area contributed by atoms with Gasteiger partial charge in [0.15, 0.2) is 0 Å². The fourth-order valence-electron chi connectivity index (χ4n) is 0.943. The zero-order valence-electron chi connectivity index (χ0n) is 8.57. The van der Waals surface area contributed by atoms with Gasteiger partial charge in [0.2, 0.25) is 0 Å². The molecule has 0 radical (unpaired) electrons. The molecule has 1 rings (SSSR count). The summed E-state index contributed by atoms with van der Waals surface area (Å²) in [6.07, 6.45) is 2.30. The van der Waals surface area contributed by atoms with E-state index in [0.29, 0.717) is 5.56 Å². The van der Waals surface area contributed by atoms with Crippen molar-refractivity contribution >= 4 is 18.0 Å². The van der Waals surface area contributed by atoms with E-state index in [1.807, 2.05) is 0 Å². The Hall–Kier alpha value is -2.22. The van der Waals surface area contributed by atoms with Gasteiger partial charge < -0.3 is 10.2 Å². The van der Waals surface area contributed by atoms with Crippen LogP contribution in [0.1, 0.15) is 15.9 Å². The molecule has 0 bridgehead atoms. The smallest absolute Gasteiger partial charge is 0.335 e. The lowest BCUT2D eigenvalue weighted by atomic mass is 10.1. The molecule has 5 N–H and O–H groups in total. The SMILES string of the molecule is O=C(O)C=Cc1cccc(C(=O)O)c1.ONO. The van der Waals surface area contributed by atoms with E-state index in [9.17, 15) is 9.59 Å². The van der Waals surface area contributed by atoms with Gasteiger partial charge in [0.25, 0.3) is 0 Å². The van der Waals surface area contributed by atoms with Crippen LogP contribution in [-0.4, -0.2) is 32.6 Å². The van der Waals surface area contributed by atoms with Crippen LogP contribution in [0.2, 0.25) is 0 Å². The third kappa shape index (κ3) is 6.79. The monoisotopic (exact) mass is 241 g/mol. The van der Waals surface area contributed by atoms with Gasteiger partial charge in [-0.25, -0.2) is 9.59 Å². The van der Waals surface area contributed by atoms with E-state index in [2.05, 4.69) is 0 Å². The molecule has 17 heavy (non-hydrogen) atoms. The molecule has 0 saturated heterocycles. The predicted molar refractivity (Wildman–Crippen MR) is 56.8 cm³/mol. The maximum atomic E-state index is 10.6. The van der Waals surface area contributed by atoms with E-state index < -0.39 is 11.9 Å². The molecule has 0 amide bonds. The number of aromatic carboxylic acids is 1. The van der Waals surface area contributed by atoms with Crippen molar-refractivity contribution in [1.29, 1.82) is 0 Å². The van der Waals surface area contributed by atoms with Gasteiger partial charge >= 0.3 is 11.9 Å². The highest BCUT2D eigenvalue weighted by Gasteiger charge is 2.01.